The highest BCUT2D eigenvalue weighted by Crippen LogP contribution is 2.16. The first kappa shape index (κ1) is 11.9. The van der Waals surface area contributed by atoms with Crippen LogP contribution in [0.2, 0.25) is 5.02 Å². The Kier molecular flexibility index (Phi) is 4.22. The average Bonchev–Trinajstić information content (AvgIpc) is 2.32. The standard InChI is InChI=1S/C13H19ClN2/c1-11-2-3-13(14)10-12(11)4-7-16-8-5-15-6-9-16/h2-3,10,15H,4-9H2,1H3. The fraction of sp³-hybridized carbons (Fsp3) is 0.538. The Balaban J connectivity index is 1.90. The van der Waals surface area contributed by atoms with Crippen molar-refractivity contribution in [2.45, 2.75) is 13.3 Å². The van der Waals surface area contributed by atoms with Crippen LogP contribution in [0.5, 0.6) is 0 Å². The van der Waals surface area contributed by atoms with Crippen molar-refractivity contribution >= 4 is 11.6 Å². The Bertz CT molecular complexity index is 346. The van der Waals surface area contributed by atoms with Crippen LogP contribution in [-0.4, -0.2) is 37.6 Å². The third-order valence-corrected chi connectivity index (χ3v) is 3.45. The third-order valence-electron chi connectivity index (χ3n) is 3.22. The van der Waals surface area contributed by atoms with Crippen LogP contribution in [-0.2, 0) is 6.42 Å². The Labute approximate surface area is 103 Å². The predicted molar refractivity (Wildman–Crippen MR) is 69.2 cm³/mol. The molecule has 0 atom stereocenters. The number of rotatable bonds is 3. The molecular formula is C13H19ClN2. The van der Waals surface area contributed by atoms with Crippen LogP contribution in [0.1, 0.15) is 11.1 Å². The first-order valence-electron chi connectivity index (χ1n) is 5.94. The van der Waals surface area contributed by atoms with Gasteiger partial charge in [0.15, 0.2) is 0 Å². The van der Waals surface area contributed by atoms with E-state index in [0.29, 0.717) is 0 Å². The lowest BCUT2D eigenvalue weighted by molar-refractivity contribution is 0.244. The Morgan fingerprint density at radius 3 is 2.81 bits per heavy atom. The van der Waals surface area contributed by atoms with Gasteiger partial charge in [0.25, 0.3) is 0 Å². The molecular weight excluding hydrogens is 220 g/mol. The minimum atomic E-state index is 0.848. The Hall–Kier alpha value is -0.570. The normalized spacial score (nSPS) is 17.6. The summed E-state index contributed by atoms with van der Waals surface area (Å²) in [5.41, 5.74) is 2.73. The second kappa shape index (κ2) is 5.67. The maximum absolute atomic E-state index is 6.01. The molecule has 0 unspecified atom stereocenters. The fourth-order valence-electron chi connectivity index (χ4n) is 2.12. The summed E-state index contributed by atoms with van der Waals surface area (Å²) in [7, 11) is 0. The smallest absolute Gasteiger partial charge is 0.0408 e. The maximum atomic E-state index is 6.01. The van der Waals surface area contributed by atoms with Gasteiger partial charge in [0.1, 0.15) is 0 Å². The summed E-state index contributed by atoms with van der Waals surface area (Å²) in [5, 5.41) is 4.22. The third kappa shape index (κ3) is 3.21. The minimum Gasteiger partial charge on any atom is -0.314 e. The molecule has 0 spiro atoms. The van der Waals surface area contributed by atoms with E-state index in [2.05, 4.69) is 29.3 Å². The number of piperazine rings is 1. The van der Waals surface area contributed by atoms with Gasteiger partial charge in [-0.25, -0.2) is 0 Å². The van der Waals surface area contributed by atoms with E-state index in [-0.39, 0.29) is 0 Å². The molecule has 1 saturated heterocycles. The van der Waals surface area contributed by atoms with Crippen LogP contribution in [0.3, 0.4) is 0 Å². The number of nitrogens with zero attached hydrogens (tertiary/aromatic N) is 1. The van der Waals surface area contributed by atoms with Crippen molar-refractivity contribution in [3.63, 3.8) is 0 Å². The molecule has 0 saturated carbocycles. The molecule has 16 heavy (non-hydrogen) atoms. The van der Waals surface area contributed by atoms with Gasteiger partial charge in [-0.3, -0.25) is 0 Å². The van der Waals surface area contributed by atoms with Gasteiger partial charge in [0.05, 0.1) is 0 Å². The second-order valence-corrected chi connectivity index (χ2v) is 4.85. The summed E-state index contributed by atoms with van der Waals surface area (Å²) in [6.07, 6.45) is 1.10. The highest BCUT2D eigenvalue weighted by atomic mass is 35.5. The van der Waals surface area contributed by atoms with Gasteiger partial charge >= 0.3 is 0 Å². The lowest BCUT2D eigenvalue weighted by atomic mass is 10.1. The summed E-state index contributed by atoms with van der Waals surface area (Å²) in [6.45, 7) is 7.87. The summed E-state index contributed by atoms with van der Waals surface area (Å²) in [5.74, 6) is 0. The molecule has 88 valence electrons. The van der Waals surface area contributed by atoms with E-state index in [4.69, 9.17) is 11.6 Å². The van der Waals surface area contributed by atoms with Crippen molar-refractivity contribution in [1.82, 2.24) is 10.2 Å². The molecule has 0 radical (unpaired) electrons. The van der Waals surface area contributed by atoms with Crippen molar-refractivity contribution < 1.29 is 0 Å². The van der Waals surface area contributed by atoms with Gasteiger partial charge in [-0.2, -0.15) is 0 Å². The zero-order valence-electron chi connectivity index (χ0n) is 9.80. The van der Waals surface area contributed by atoms with Crippen molar-refractivity contribution in [2.24, 2.45) is 0 Å². The molecule has 1 heterocycles. The SMILES string of the molecule is Cc1ccc(Cl)cc1CCN1CCNCC1. The number of benzene rings is 1. The van der Waals surface area contributed by atoms with Crippen molar-refractivity contribution in [1.29, 1.82) is 0 Å². The van der Waals surface area contributed by atoms with E-state index < -0.39 is 0 Å². The van der Waals surface area contributed by atoms with E-state index in [1.165, 1.54) is 24.2 Å². The summed E-state index contributed by atoms with van der Waals surface area (Å²) in [4.78, 5) is 2.51. The van der Waals surface area contributed by atoms with Crippen LogP contribution in [0.15, 0.2) is 18.2 Å². The maximum Gasteiger partial charge on any atom is 0.0408 e. The molecule has 1 aliphatic heterocycles. The summed E-state index contributed by atoms with van der Waals surface area (Å²) >= 11 is 6.01. The molecule has 1 N–H and O–H groups in total. The quantitative estimate of drug-likeness (QED) is 0.868. The second-order valence-electron chi connectivity index (χ2n) is 4.41. The molecule has 1 aliphatic rings. The topological polar surface area (TPSA) is 15.3 Å². The van der Waals surface area contributed by atoms with Crippen LogP contribution < -0.4 is 5.32 Å². The summed E-state index contributed by atoms with van der Waals surface area (Å²) < 4.78 is 0. The van der Waals surface area contributed by atoms with Gasteiger partial charge < -0.3 is 10.2 Å². The van der Waals surface area contributed by atoms with E-state index >= 15 is 0 Å². The molecule has 1 fully saturated rings. The average molecular weight is 239 g/mol. The van der Waals surface area contributed by atoms with E-state index in [9.17, 15) is 0 Å². The molecule has 0 aromatic heterocycles. The van der Waals surface area contributed by atoms with E-state index in [0.717, 1.165) is 31.1 Å². The number of hydrogen-bond donors (Lipinski definition) is 1. The highest BCUT2D eigenvalue weighted by molar-refractivity contribution is 6.30. The molecule has 1 aromatic carbocycles. The Morgan fingerprint density at radius 1 is 1.31 bits per heavy atom. The Morgan fingerprint density at radius 2 is 2.06 bits per heavy atom. The molecule has 2 rings (SSSR count). The molecule has 0 aliphatic carbocycles. The largest absolute Gasteiger partial charge is 0.314 e. The van der Waals surface area contributed by atoms with Gasteiger partial charge in [-0.05, 0) is 36.6 Å². The number of hydrogen-bond acceptors (Lipinski definition) is 2. The van der Waals surface area contributed by atoms with Gasteiger partial charge in [-0.15, -0.1) is 0 Å². The summed E-state index contributed by atoms with van der Waals surface area (Å²) in [6, 6.07) is 6.17. The van der Waals surface area contributed by atoms with E-state index in [1.807, 2.05) is 6.07 Å². The van der Waals surface area contributed by atoms with Crippen LogP contribution in [0, 0.1) is 6.92 Å². The molecule has 0 amide bonds. The number of aryl methyl sites for hydroxylation is 1. The number of halogens is 1. The number of nitrogens with one attached hydrogen (secondary N) is 1. The molecule has 2 nitrogen and oxygen atoms in total. The van der Waals surface area contributed by atoms with Crippen molar-refractivity contribution in [3.8, 4) is 0 Å². The van der Waals surface area contributed by atoms with Gasteiger partial charge in [-0.1, -0.05) is 17.7 Å². The molecule has 3 heteroatoms. The predicted octanol–water partition coefficient (Wildman–Crippen LogP) is 2.10. The van der Waals surface area contributed by atoms with Gasteiger partial charge in [0, 0.05) is 37.7 Å². The fourth-order valence-corrected chi connectivity index (χ4v) is 2.32. The highest BCUT2D eigenvalue weighted by Gasteiger charge is 2.09. The zero-order valence-corrected chi connectivity index (χ0v) is 10.6. The minimum absolute atomic E-state index is 0.848. The first-order valence-corrected chi connectivity index (χ1v) is 6.31. The zero-order chi connectivity index (χ0) is 11.4. The van der Waals surface area contributed by atoms with Crippen LogP contribution in [0.25, 0.3) is 0 Å². The lowest BCUT2D eigenvalue weighted by Gasteiger charge is -2.27. The van der Waals surface area contributed by atoms with Gasteiger partial charge in [0.2, 0.25) is 0 Å². The van der Waals surface area contributed by atoms with Crippen LogP contribution in [0.4, 0.5) is 0 Å². The van der Waals surface area contributed by atoms with Crippen molar-refractivity contribution in [2.75, 3.05) is 32.7 Å². The van der Waals surface area contributed by atoms with Crippen molar-refractivity contribution in [3.05, 3.63) is 34.3 Å². The first-order chi connectivity index (χ1) is 7.75. The van der Waals surface area contributed by atoms with E-state index in [1.54, 1.807) is 0 Å². The van der Waals surface area contributed by atoms with Crippen LogP contribution >= 0.6 is 11.6 Å². The lowest BCUT2D eigenvalue weighted by Crippen LogP contribution is -2.44. The molecule has 0 bridgehead atoms. The molecule has 1 aromatic rings. The monoisotopic (exact) mass is 238 g/mol.